The average Bonchev–Trinajstić information content (AvgIpc) is 3.02. The molecule has 0 aliphatic rings. The van der Waals surface area contributed by atoms with Gasteiger partial charge in [0, 0.05) is 11.3 Å². The zero-order valence-electron chi connectivity index (χ0n) is 13.7. The van der Waals surface area contributed by atoms with Gasteiger partial charge in [-0.05, 0) is 29.2 Å². The largest absolute Gasteiger partial charge is 0.419 e. The summed E-state index contributed by atoms with van der Waals surface area (Å²) in [5, 5.41) is 11.6. The van der Waals surface area contributed by atoms with Gasteiger partial charge in [-0.3, -0.25) is 0 Å². The Bertz CT molecular complexity index is 773. The Hall–Kier alpha value is -2.62. The zero-order valence-corrected chi connectivity index (χ0v) is 13.7. The zero-order chi connectivity index (χ0) is 16.3. The molecule has 3 rings (SSSR count). The molecular weight excluding hydrogens is 286 g/mol. The van der Waals surface area contributed by atoms with Crippen LogP contribution in [0.4, 0.5) is 5.69 Å². The summed E-state index contributed by atoms with van der Waals surface area (Å²) in [5.74, 6) is 1.12. The molecule has 0 unspecified atom stereocenters. The molecule has 2 aromatic carbocycles. The minimum atomic E-state index is 0.0770. The van der Waals surface area contributed by atoms with Crippen LogP contribution >= 0.6 is 0 Å². The van der Waals surface area contributed by atoms with Gasteiger partial charge in [0.2, 0.25) is 11.8 Å². The molecule has 0 atom stereocenters. The summed E-state index contributed by atoms with van der Waals surface area (Å²) in [6, 6.07) is 18.1. The number of para-hydroxylation sites is 1. The normalized spacial score (nSPS) is 11.4. The van der Waals surface area contributed by atoms with E-state index >= 15 is 0 Å². The molecule has 4 nitrogen and oxygen atoms in total. The molecule has 23 heavy (non-hydrogen) atoms. The Morgan fingerprint density at radius 1 is 0.913 bits per heavy atom. The Kier molecular flexibility index (Phi) is 4.15. The average molecular weight is 307 g/mol. The number of hydrogen-bond acceptors (Lipinski definition) is 4. The molecule has 0 saturated carbocycles. The highest BCUT2D eigenvalue weighted by Gasteiger charge is 2.17. The standard InChI is InChI=1S/C19H21N3O/c1-19(2,3)15-11-7-8-12-16(15)20-13-17-21-22-18(23-17)14-9-5-4-6-10-14/h4-12,20H,13H2,1-3H3. The summed E-state index contributed by atoms with van der Waals surface area (Å²) < 4.78 is 5.73. The number of rotatable bonds is 4. The summed E-state index contributed by atoms with van der Waals surface area (Å²) in [5.41, 5.74) is 3.37. The third kappa shape index (κ3) is 3.59. The van der Waals surface area contributed by atoms with Crippen LogP contribution in [0.25, 0.3) is 11.5 Å². The van der Waals surface area contributed by atoms with Crippen molar-refractivity contribution in [2.24, 2.45) is 0 Å². The van der Waals surface area contributed by atoms with E-state index in [9.17, 15) is 0 Å². The Labute approximate surface area is 136 Å². The van der Waals surface area contributed by atoms with Crippen molar-refractivity contribution in [1.29, 1.82) is 0 Å². The van der Waals surface area contributed by atoms with Crippen molar-refractivity contribution in [3.8, 4) is 11.5 Å². The van der Waals surface area contributed by atoms with Crippen LogP contribution < -0.4 is 5.32 Å². The van der Waals surface area contributed by atoms with E-state index in [1.54, 1.807) is 0 Å². The Balaban J connectivity index is 1.74. The van der Waals surface area contributed by atoms with Crippen molar-refractivity contribution < 1.29 is 4.42 Å². The van der Waals surface area contributed by atoms with Gasteiger partial charge in [-0.25, -0.2) is 0 Å². The first-order chi connectivity index (χ1) is 11.0. The third-order valence-corrected chi connectivity index (χ3v) is 3.65. The smallest absolute Gasteiger partial charge is 0.247 e. The first-order valence-electron chi connectivity index (χ1n) is 7.75. The van der Waals surface area contributed by atoms with Crippen molar-refractivity contribution in [2.45, 2.75) is 32.7 Å². The van der Waals surface area contributed by atoms with E-state index in [2.05, 4.69) is 54.5 Å². The lowest BCUT2D eigenvalue weighted by Crippen LogP contribution is -2.14. The quantitative estimate of drug-likeness (QED) is 0.762. The fourth-order valence-electron chi connectivity index (χ4n) is 2.48. The van der Waals surface area contributed by atoms with E-state index in [1.165, 1.54) is 5.56 Å². The van der Waals surface area contributed by atoms with Crippen molar-refractivity contribution in [1.82, 2.24) is 10.2 Å². The van der Waals surface area contributed by atoms with Crippen LogP contribution in [0.15, 0.2) is 59.0 Å². The first-order valence-corrected chi connectivity index (χ1v) is 7.75. The third-order valence-electron chi connectivity index (χ3n) is 3.65. The second-order valence-corrected chi connectivity index (χ2v) is 6.52. The first kappa shape index (κ1) is 15.3. The number of nitrogens with zero attached hydrogens (tertiary/aromatic N) is 2. The summed E-state index contributed by atoms with van der Waals surface area (Å²) in [6.45, 7) is 7.11. The van der Waals surface area contributed by atoms with Gasteiger partial charge in [0.05, 0.1) is 6.54 Å². The van der Waals surface area contributed by atoms with Crippen molar-refractivity contribution >= 4 is 5.69 Å². The summed E-state index contributed by atoms with van der Waals surface area (Å²) in [6.07, 6.45) is 0. The second kappa shape index (κ2) is 6.24. The van der Waals surface area contributed by atoms with Crippen LogP contribution in [0.1, 0.15) is 32.2 Å². The molecule has 1 N–H and O–H groups in total. The molecule has 0 aliphatic heterocycles. The van der Waals surface area contributed by atoms with E-state index in [4.69, 9.17) is 4.42 Å². The fraction of sp³-hybridized carbons (Fsp3) is 0.263. The molecule has 0 fully saturated rings. The second-order valence-electron chi connectivity index (χ2n) is 6.52. The van der Waals surface area contributed by atoms with Crippen LogP contribution in [-0.2, 0) is 12.0 Å². The molecule has 3 aromatic rings. The van der Waals surface area contributed by atoms with Crippen LogP contribution in [0, 0.1) is 0 Å². The minimum absolute atomic E-state index is 0.0770. The van der Waals surface area contributed by atoms with E-state index in [0.29, 0.717) is 18.3 Å². The molecule has 0 bridgehead atoms. The number of aromatic nitrogens is 2. The van der Waals surface area contributed by atoms with Gasteiger partial charge < -0.3 is 9.73 Å². The van der Waals surface area contributed by atoms with Gasteiger partial charge in [-0.2, -0.15) is 0 Å². The molecule has 1 aromatic heterocycles. The van der Waals surface area contributed by atoms with Gasteiger partial charge in [0.15, 0.2) is 0 Å². The van der Waals surface area contributed by atoms with Crippen LogP contribution in [0.2, 0.25) is 0 Å². The Morgan fingerprint density at radius 3 is 2.35 bits per heavy atom. The molecule has 0 radical (unpaired) electrons. The lowest BCUT2D eigenvalue weighted by molar-refractivity contribution is 0.514. The maximum Gasteiger partial charge on any atom is 0.247 e. The fourth-order valence-corrected chi connectivity index (χ4v) is 2.48. The molecule has 4 heteroatoms. The predicted molar refractivity (Wildman–Crippen MR) is 92.2 cm³/mol. The maximum absolute atomic E-state index is 5.73. The Morgan fingerprint density at radius 2 is 1.61 bits per heavy atom. The van der Waals surface area contributed by atoms with Crippen LogP contribution in [0.5, 0.6) is 0 Å². The molecular formula is C19H21N3O. The van der Waals surface area contributed by atoms with Crippen molar-refractivity contribution in [3.63, 3.8) is 0 Å². The number of anilines is 1. The van der Waals surface area contributed by atoms with E-state index in [0.717, 1.165) is 11.3 Å². The molecule has 0 saturated heterocycles. The predicted octanol–water partition coefficient (Wildman–Crippen LogP) is 4.65. The van der Waals surface area contributed by atoms with E-state index < -0.39 is 0 Å². The highest BCUT2D eigenvalue weighted by atomic mass is 16.4. The number of benzene rings is 2. The summed E-state index contributed by atoms with van der Waals surface area (Å²) in [7, 11) is 0. The molecule has 118 valence electrons. The highest BCUT2D eigenvalue weighted by Crippen LogP contribution is 2.29. The summed E-state index contributed by atoms with van der Waals surface area (Å²) in [4.78, 5) is 0. The lowest BCUT2D eigenvalue weighted by Gasteiger charge is -2.23. The van der Waals surface area contributed by atoms with Crippen LogP contribution in [-0.4, -0.2) is 10.2 Å². The van der Waals surface area contributed by atoms with Gasteiger partial charge in [0.25, 0.3) is 0 Å². The molecule has 0 amide bonds. The lowest BCUT2D eigenvalue weighted by atomic mass is 9.86. The minimum Gasteiger partial charge on any atom is -0.419 e. The van der Waals surface area contributed by atoms with Gasteiger partial charge in [-0.1, -0.05) is 57.2 Å². The SMILES string of the molecule is CC(C)(C)c1ccccc1NCc1nnc(-c2ccccc2)o1. The van der Waals surface area contributed by atoms with Gasteiger partial charge in [-0.15, -0.1) is 10.2 Å². The van der Waals surface area contributed by atoms with Gasteiger partial charge >= 0.3 is 0 Å². The van der Waals surface area contributed by atoms with Crippen LogP contribution in [0.3, 0.4) is 0 Å². The van der Waals surface area contributed by atoms with Crippen molar-refractivity contribution in [2.75, 3.05) is 5.32 Å². The maximum atomic E-state index is 5.73. The van der Waals surface area contributed by atoms with Crippen molar-refractivity contribution in [3.05, 3.63) is 66.1 Å². The molecule has 0 aliphatic carbocycles. The molecule has 1 heterocycles. The number of nitrogens with one attached hydrogen (secondary N) is 1. The van der Waals surface area contributed by atoms with Gasteiger partial charge in [0.1, 0.15) is 0 Å². The highest BCUT2D eigenvalue weighted by molar-refractivity contribution is 5.54. The van der Waals surface area contributed by atoms with E-state index in [1.807, 2.05) is 36.4 Å². The topological polar surface area (TPSA) is 51.0 Å². The monoisotopic (exact) mass is 307 g/mol. The molecule has 0 spiro atoms. The van der Waals surface area contributed by atoms with E-state index in [-0.39, 0.29) is 5.41 Å². The summed E-state index contributed by atoms with van der Waals surface area (Å²) >= 11 is 0. The number of hydrogen-bond donors (Lipinski definition) is 1.